The number of fused-ring (bicyclic) bond motifs is 1. The van der Waals surface area contributed by atoms with Crippen molar-refractivity contribution in [1.29, 1.82) is 0 Å². The Balaban J connectivity index is 1.71. The standard InChI is InChI=1S/C18H17N5O2/c1-25-14-4-2-13(3-5-14)16-10-22-9-8-20-17(22)11-23(16)18(24)15-6-7-19-12-21-15/h2-9,12,16H,10-11H2,1H3. The zero-order valence-electron chi connectivity index (χ0n) is 13.7. The van der Waals surface area contributed by atoms with Crippen LogP contribution in [-0.2, 0) is 13.1 Å². The molecule has 7 nitrogen and oxygen atoms in total. The molecule has 4 rings (SSSR count). The van der Waals surface area contributed by atoms with E-state index in [0.717, 1.165) is 17.1 Å². The van der Waals surface area contributed by atoms with Crippen molar-refractivity contribution >= 4 is 5.91 Å². The van der Waals surface area contributed by atoms with E-state index in [2.05, 4.69) is 19.5 Å². The van der Waals surface area contributed by atoms with Gasteiger partial charge in [-0.3, -0.25) is 4.79 Å². The lowest BCUT2D eigenvalue weighted by Crippen LogP contribution is -2.41. The molecule has 25 heavy (non-hydrogen) atoms. The predicted octanol–water partition coefficient (Wildman–Crippen LogP) is 2.08. The van der Waals surface area contributed by atoms with Crippen molar-refractivity contribution in [3.05, 3.63) is 72.3 Å². The van der Waals surface area contributed by atoms with Crippen molar-refractivity contribution < 1.29 is 9.53 Å². The van der Waals surface area contributed by atoms with E-state index in [1.165, 1.54) is 6.33 Å². The molecule has 7 heteroatoms. The number of hydrogen-bond donors (Lipinski definition) is 0. The number of nitrogens with zero attached hydrogens (tertiary/aromatic N) is 5. The van der Waals surface area contributed by atoms with Gasteiger partial charge in [0.15, 0.2) is 0 Å². The van der Waals surface area contributed by atoms with Gasteiger partial charge in [-0.05, 0) is 23.8 Å². The smallest absolute Gasteiger partial charge is 0.273 e. The summed E-state index contributed by atoms with van der Waals surface area (Å²) in [5.74, 6) is 1.53. The maximum atomic E-state index is 13.0. The van der Waals surface area contributed by atoms with Gasteiger partial charge in [-0.25, -0.2) is 15.0 Å². The van der Waals surface area contributed by atoms with Crippen LogP contribution in [0.25, 0.3) is 0 Å². The molecular weight excluding hydrogens is 318 g/mol. The molecule has 0 radical (unpaired) electrons. The molecule has 1 unspecified atom stereocenters. The highest BCUT2D eigenvalue weighted by Crippen LogP contribution is 2.31. The maximum Gasteiger partial charge on any atom is 0.273 e. The van der Waals surface area contributed by atoms with Crippen LogP contribution in [0.2, 0.25) is 0 Å². The lowest BCUT2D eigenvalue weighted by molar-refractivity contribution is 0.0578. The minimum absolute atomic E-state index is 0.102. The Kier molecular flexibility index (Phi) is 3.89. The number of imidazole rings is 1. The molecule has 1 aliphatic heterocycles. The molecule has 3 aromatic rings. The molecular formula is C18H17N5O2. The number of ether oxygens (including phenoxy) is 1. The Morgan fingerprint density at radius 2 is 2.00 bits per heavy atom. The summed E-state index contributed by atoms with van der Waals surface area (Å²) in [6.07, 6.45) is 6.67. The van der Waals surface area contributed by atoms with Crippen LogP contribution in [0.1, 0.15) is 27.9 Å². The molecule has 0 aliphatic carbocycles. The second-order valence-corrected chi connectivity index (χ2v) is 5.81. The Hall–Kier alpha value is -3.22. The van der Waals surface area contributed by atoms with E-state index in [-0.39, 0.29) is 11.9 Å². The van der Waals surface area contributed by atoms with Crippen molar-refractivity contribution in [3.8, 4) is 5.75 Å². The summed E-state index contributed by atoms with van der Waals surface area (Å²) >= 11 is 0. The third-order valence-corrected chi connectivity index (χ3v) is 4.42. The van der Waals surface area contributed by atoms with Gasteiger partial charge in [0.05, 0.1) is 19.7 Å². The quantitative estimate of drug-likeness (QED) is 0.733. The van der Waals surface area contributed by atoms with Crippen LogP contribution < -0.4 is 4.74 Å². The highest BCUT2D eigenvalue weighted by molar-refractivity contribution is 5.92. The van der Waals surface area contributed by atoms with E-state index < -0.39 is 0 Å². The van der Waals surface area contributed by atoms with Gasteiger partial charge < -0.3 is 14.2 Å². The zero-order chi connectivity index (χ0) is 17.2. The normalized spacial score (nSPS) is 16.4. The molecule has 0 saturated heterocycles. The fourth-order valence-electron chi connectivity index (χ4n) is 3.09. The van der Waals surface area contributed by atoms with Crippen molar-refractivity contribution in [2.24, 2.45) is 0 Å². The Morgan fingerprint density at radius 3 is 2.72 bits per heavy atom. The van der Waals surface area contributed by atoms with Crippen molar-refractivity contribution in [2.45, 2.75) is 19.1 Å². The van der Waals surface area contributed by atoms with Crippen LogP contribution in [0.3, 0.4) is 0 Å². The molecule has 0 saturated carbocycles. The average molecular weight is 335 g/mol. The minimum atomic E-state index is -0.127. The molecule has 1 amide bonds. The first-order valence-electron chi connectivity index (χ1n) is 7.97. The fraction of sp³-hybridized carbons (Fsp3) is 0.222. The topological polar surface area (TPSA) is 73.1 Å². The number of benzene rings is 1. The summed E-state index contributed by atoms with van der Waals surface area (Å²) in [6, 6.07) is 9.33. The van der Waals surface area contributed by atoms with E-state index in [9.17, 15) is 4.79 Å². The first-order valence-corrected chi connectivity index (χ1v) is 7.97. The van der Waals surface area contributed by atoms with Crippen LogP contribution in [0.5, 0.6) is 5.75 Å². The van der Waals surface area contributed by atoms with Crippen LogP contribution in [-0.4, -0.2) is 37.4 Å². The number of amides is 1. The van der Waals surface area contributed by atoms with E-state index in [4.69, 9.17) is 4.74 Å². The average Bonchev–Trinajstić information content (AvgIpc) is 3.15. The molecule has 3 heterocycles. The molecule has 1 atom stereocenters. The lowest BCUT2D eigenvalue weighted by Gasteiger charge is -2.36. The van der Waals surface area contributed by atoms with Crippen molar-refractivity contribution in [1.82, 2.24) is 24.4 Å². The number of aromatic nitrogens is 4. The number of carbonyl (C=O) groups is 1. The van der Waals surface area contributed by atoms with Gasteiger partial charge in [0.1, 0.15) is 23.6 Å². The summed E-state index contributed by atoms with van der Waals surface area (Å²) < 4.78 is 7.31. The van der Waals surface area contributed by atoms with Crippen molar-refractivity contribution in [3.63, 3.8) is 0 Å². The number of carbonyl (C=O) groups excluding carboxylic acids is 1. The summed E-state index contributed by atoms with van der Waals surface area (Å²) in [5, 5.41) is 0. The first kappa shape index (κ1) is 15.3. The maximum absolute atomic E-state index is 13.0. The van der Waals surface area contributed by atoms with Crippen LogP contribution >= 0.6 is 0 Å². The molecule has 1 aliphatic rings. The zero-order valence-corrected chi connectivity index (χ0v) is 13.7. The van der Waals surface area contributed by atoms with Gasteiger partial charge in [-0.15, -0.1) is 0 Å². The Bertz CT molecular complexity index is 876. The Labute approximate surface area is 144 Å². The molecule has 0 bridgehead atoms. The van der Waals surface area contributed by atoms with Gasteiger partial charge in [-0.1, -0.05) is 12.1 Å². The predicted molar refractivity (Wildman–Crippen MR) is 89.9 cm³/mol. The second kappa shape index (κ2) is 6.35. The number of methoxy groups -OCH3 is 1. The second-order valence-electron chi connectivity index (χ2n) is 5.81. The number of rotatable bonds is 3. The van der Waals surface area contributed by atoms with Crippen LogP contribution in [0, 0.1) is 0 Å². The highest BCUT2D eigenvalue weighted by Gasteiger charge is 2.32. The first-order chi connectivity index (χ1) is 12.3. The van der Waals surface area contributed by atoms with Gasteiger partial charge >= 0.3 is 0 Å². The van der Waals surface area contributed by atoms with Crippen molar-refractivity contribution in [2.75, 3.05) is 7.11 Å². The molecule has 0 N–H and O–H groups in total. The van der Waals surface area contributed by atoms with E-state index in [0.29, 0.717) is 18.8 Å². The summed E-state index contributed by atoms with van der Waals surface area (Å²) in [4.78, 5) is 27.2. The SMILES string of the molecule is COc1ccc(C2Cn3ccnc3CN2C(=O)c2ccncn2)cc1. The fourth-order valence-corrected chi connectivity index (χ4v) is 3.09. The molecule has 0 spiro atoms. The minimum Gasteiger partial charge on any atom is -0.497 e. The van der Waals surface area contributed by atoms with Gasteiger partial charge in [-0.2, -0.15) is 0 Å². The van der Waals surface area contributed by atoms with Crippen LogP contribution in [0.4, 0.5) is 0 Å². The van der Waals surface area contributed by atoms with E-state index in [1.807, 2.05) is 35.4 Å². The van der Waals surface area contributed by atoms with Gasteiger partial charge in [0, 0.05) is 25.1 Å². The summed E-state index contributed by atoms with van der Waals surface area (Å²) in [7, 11) is 1.64. The number of hydrogen-bond acceptors (Lipinski definition) is 5. The molecule has 126 valence electrons. The van der Waals surface area contributed by atoms with Crippen LogP contribution in [0.15, 0.2) is 55.2 Å². The molecule has 2 aromatic heterocycles. The Morgan fingerprint density at radius 1 is 1.16 bits per heavy atom. The monoisotopic (exact) mass is 335 g/mol. The third-order valence-electron chi connectivity index (χ3n) is 4.42. The largest absolute Gasteiger partial charge is 0.497 e. The highest BCUT2D eigenvalue weighted by atomic mass is 16.5. The lowest BCUT2D eigenvalue weighted by atomic mass is 10.0. The van der Waals surface area contributed by atoms with E-state index >= 15 is 0 Å². The third kappa shape index (κ3) is 2.84. The summed E-state index contributed by atoms with van der Waals surface area (Å²) in [6.45, 7) is 1.09. The molecule has 0 fully saturated rings. The van der Waals surface area contributed by atoms with Gasteiger partial charge in [0.2, 0.25) is 0 Å². The summed E-state index contributed by atoms with van der Waals surface area (Å²) in [5.41, 5.74) is 1.43. The molecule has 1 aromatic carbocycles. The van der Waals surface area contributed by atoms with Gasteiger partial charge in [0.25, 0.3) is 5.91 Å². The van der Waals surface area contributed by atoms with E-state index in [1.54, 1.807) is 25.6 Å².